The van der Waals surface area contributed by atoms with E-state index in [1.807, 2.05) is 0 Å². The summed E-state index contributed by atoms with van der Waals surface area (Å²) in [4.78, 5) is 18.7. The van der Waals surface area contributed by atoms with E-state index < -0.39 is 0 Å². The normalized spacial score (nSPS) is 10.3. The van der Waals surface area contributed by atoms with Crippen LogP contribution in [-0.2, 0) is 6.42 Å². The SMILES string of the molecule is O=C(NCCc1ncc[nH]1)c1ccc(F)c(Br)c1. The molecule has 0 aliphatic rings. The highest BCUT2D eigenvalue weighted by molar-refractivity contribution is 9.10. The van der Waals surface area contributed by atoms with Gasteiger partial charge in [-0.15, -0.1) is 0 Å². The summed E-state index contributed by atoms with van der Waals surface area (Å²) < 4.78 is 13.3. The first-order valence-corrected chi connectivity index (χ1v) is 6.17. The Balaban J connectivity index is 1.89. The molecule has 0 saturated carbocycles. The molecule has 1 heterocycles. The number of imidazole rings is 1. The molecule has 2 rings (SSSR count). The number of hydrogen-bond acceptors (Lipinski definition) is 2. The maximum atomic E-state index is 13.0. The monoisotopic (exact) mass is 311 g/mol. The van der Waals surface area contributed by atoms with Gasteiger partial charge in [-0.05, 0) is 34.1 Å². The molecule has 0 aliphatic heterocycles. The predicted octanol–water partition coefficient (Wildman–Crippen LogP) is 2.28. The average molecular weight is 312 g/mol. The van der Waals surface area contributed by atoms with Crippen molar-refractivity contribution >= 4 is 21.8 Å². The van der Waals surface area contributed by atoms with Crippen molar-refractivity contribution < 1.29 is 9.18 Å². The molecule has 0 unspecified atom stereocenters. The van der Waals surface area contributed by atoms with E-state index in [1.165, 1.54) is 18.2 Å². The molecule has 1 aromatic carbocycles. The molecule has 1 amide bonds. The van der Waals surface area contributed by atoms with Crippen molar-refractivity contribution in [3.8, 4) is 0 Å². The standard InChI is InChI=1S/C12H11BrFN3O/c13-9-7-8(1-2-10(9)14)12(18)17-4-3-11-15-5-6-16-11/h1-2,5-7H,3-4H2,(H,15,16)(H,17,18). The van der Waals surface area contributed by atoms with Crippen LogP contribution in [0, 0.1) is 5.82 Å². The number of nitrogens with one attached hydrogen (secondary N) is 2. The van der Waals surface area contributed by atoms with Crippen molar-refractivity contribution in [1.29, 1.82) is 0 Å². The number of carbonyl (C=O) groups excluding carboxylic acids is 1. The first-order valence-electron chi connectivity index (χ1n) is 5.38. The average Bonchev–Trinajstić information content (AvgIpc) is 2.85. The van der Waals surface area contributed by atoms with Gasteiger partial charge < -0.3 is 10.3 Å². The Morgan fingerprint density at radius 2 is 2.33 bits per heavy atom. The van der Waals surface area contributed by atoms with Crippen molar-refractivity contribution in [1.82, 2.24) is 15.3 Å². The summed E-state index contributed by atoms with van der Waals surface area (Å²) in [6.45, 7) is 0.474. The summed E-state index contributed by atoms with van der Waals surface area (Å²) in [5, 5.41) is 2.74. The maximum Gasteiger partial charge on any atom is 0.251 e. The number of benzene rings is 1. The summed E-state index contributed by atoms with van der Waals surface area (Å²) in [5.41, 5.74) is 0.419. The Morgan fingerprint density at radius 3 is 3.00 bits per heavy atom. The van der Waals surface area contributed by atoms with Crippen LogP contribution in [-0.4, -0.2) is 22.4 Å². The van der Waals surface area contributed by atoms with Gasteiger partial charge in [0.2, 0.25) is 0 Å². The minimum absolute atomic E-state index is 0.234. The minimum atomic E-state index is -0.387. The molecule has 94 valence electrons. The van der Waals surface area contributed by atoms with Crippen molar-refractivity contribution in [2.45, 2.75) is 6.42 Å². The first kappa shape index (κ1) is 12.8. The van der Waals surface area contributed by atoms with E-state index in [4.69, 9.17) is 0 Å². The topological polar surface area (TPSA) is 57.8 Å². The Bertz CT molecular complexity index is 542. The highest BCUT2D eigenvalue weighted by Crippen LogP contribution is 2.16. The van der Waals surface area contributed by atoms with Gasteiger partial charge in [0.25, 0.3) is 5.91 Å². The first-order chi connectivity index (χ1) is 8.66. The number of carbonyl (C=O) groups is 1. The molecule has 6 heteroatoms. The lowest BCUT2D eigenvalue weighted by Gasteiger charge is -2.04. The highest BCUT2D eigenvalue weighted by atomic mass is 79.9. The number of halogens is 2. The zero-order valence-electron chi connectivity index (χ0n) is 9.41. The van der Waals surface area contributed by atoms with Gasteiger partial charge in [0, 0.05) is 30.9 Å². The fraction of sp³-hybridized carbons (Fsp3) is 0.167. The number of nitrogens with zero attached hydrogens (tertiary/aromatic N) is 1. The lowest BCUT2D eigenvalue weighted by Crippen LogP contribution is -2.26. The molecule has 0 spiro atoms. The van der Waals surface area contributed by atoms with Crippen LogP contribution in [0.2, 0.25) is 0 Å². The van der Waals surface area contributed by atoms with E-state index in [0.29, 0.717) is 18.5 Å². The number of H-pyrrole nitrogens is 1. The Hall–Kier alpha value is -1.69. The van der Waals surface area contributed by atoms with Gasteiger partial charge in [-0.2, -0.15) is 0 Å². The number of amides is 1. The smallest absolute Gasteiger partial charge is 0.251 e. The Morgan fingerprint density at radius 1 is 1.50 bits per heavy atom. The lowest BCUT2D eigenvalue weighted by molar-refractivity contribution is 0.0954. The van der Waals surface area contributed by atoms with E-state index in [9.17, 15) is 9.18 Å². The highest BCUT2D eigenvalue weighted by Gasteiger charge is 2.08. The summed E-state index contributed by atoms with van der Waals surface area (Å²) in [6.07, 6.45) is 4.02. The largest absolute Gasteiger partial charge is 0.352 e. The van der Waals surface area contributed by atoms with Crippen molar-refractivity contribution in [3.05, 3.63) is 52.3 Å². The maximum absolute atomic E-state index is 13.0. The molecule has 0 saturated heterocycles. The van der Waals surface area contributed by atoms with Crippen molar-refractivity contribution in [2.75, 3.05) is 6.54 Å². The molecule has 0 atom stereocenters. The summed E-state index contributed by atoms with van der Waals surface area (Å²) in [7, 11) is 0. The molecule has 1 aromatic heterocycles. The molecule has 0 bridgehead atoms. The molecule has 2 N–H and O–H groups in total. The third-order valence-electron chi connectivity index (χ3n) is 2.38. The van der Waals surface area contributed by atoms with Crippen LogP contribution in [0.4, 0.5) is 4.39 Å². The number of hydrogen-bond donors (Lipinski definition) is 2. The molecule has 0 fully saturated rings. The summed E-state index contributed by atoms with van der Waals surface area (Å²) in [5.74, 6) is 0.194. The van der Waals surface area contributed by atoms with Crippen LogP contribution < -0.4 is 5.32 Å². The van der Waals surface area contributed by atoms with E-state index in [1.54, 1.807) is 12.4 Å². The van der Waals surface area contributed by atoms with E-state index in [2.05, 4.69) is 31.2 Å². The minimum Gasteiger partial charge on any atom is -0.352 e. The number of rotatable bonds is 4. The van der Waals surface area contributed by atoms with Gasteiger partial charge in [0.05, 0.1) is 4.47 Å². The van der Waals surface area contributed by atoms with Crippen LogP contribution in [0.1, 0.15) is 16.2 Å². The quantitative estimate of drug-likeness (QED) is 0.910. The van der Waals surface area contributed by atoms with Gasteiger partial charge in [0.15, 0.2) is 0 Å². The van der Waals surface area contributed by atoms with Crippen LogP contribution in [0.15, 0.2) is 35.1 Å². The van der Waals surface area contributed by atoms with Gasteiger partial charge in [0.1, 0.15) is 11.6 Å². The molecule has 18 heavy (non-hydrogen) atoms. The summed E-state index contributed by atoms with van der Waals surface area (Å²) >= 11 is 3.04. The van der Waals surface area contributed by atoms with Crippen LogP contribution in [0.5, 0.6) is 0 Å². The fourth-order valence-corrected chi connectivity index (χ4v) is 1.85. The fourth-order valence-electron chi connectivity index (χ4n) is 1.47. The zero-order valence-corrected chi connectivity index (χ0v) is 11.0. The number of aromatic nitrogens is 2. The zero-order chi connectivity index (χ0) is 13.0. The second-order valence-corrected chi connectivity index (χ2v) is 4.52. The Kier molecular flexibility index (Phi) is 4.09. The van der Waals surface area contributed by atoms with Gasteiger partial charge in [-0.1, -0.05) is 0 Å². The van der Waals surface area contributed by atoms with E-state index in [-0.39, 0.29) is 16.2 Å². The molecular weight excluding hydrogens is 301 g/mol. The number of aromatic amines is 1. The predicted molar refractivity (Wildman–Crippen MR) is 68.7 cm³/mol. The van der Waals surface area contributed by atoms with Crippen LogP contribution >= 0.6 is 15.9 Å². The van der Waals surface area contributed by atoms with Gasteiger partial charge in [-0.3, -0.25) is 4.79 Å². The van der Waals surface area contributed by atoms with Gasteiger partial charge >= 0.3 is 0 Å². The third kappa shape index (κ3) is 3.16. The second-order valence-electron chi connectivity index (χ2n) is 3.67. The molecule has 0 aliphatic carbocycles. The molecule has 0 radical (unpaired) electrons. The molecule has 2 aromatic rings. The van der Waals surface area contributed by atoms with Crippen molar-refractivity contribution in [3.63, 3.8) is 0 Å². The Labute approximate surface area is 112 Å². The van der Waals surface area contributed by atoms with Crippen molar-refractivity contribution in [2.24, 2.45) is 0 Å². The van der Waals surface area contributed by atoms with Crippen LogP contribution in [0.3, 0.4) is 0 Å². The molecular formula is C12H11BrFN3O. The van der Waals surface area contributed by atoms with E-state index in [0.717, 1.165) is 5.82 Å². The van der Waals surface area contributed by atoms with Crippen LogP contribution in [0.25, 0.3) is 0 Å². The molecule has 4 nitrogen and oxygen atoms in total. The second kappa shape index (κ2) is 5.77. The van der Waals surface area contributed by atoms with E-state index >= 15 is 0 Å². The van der Waals surface area contributed by atoms with Gasteiger partial charge in [-0.25, -0.2) is 9.37 Å². The summed E-state index contributed by atoms with van der Waals surface area (Å²) in [6, 6.07) is 4.16. The third-order valence-corrected chi connectivity index (χ3v) is 2.99. The lowest BCUT2D eigenvalue weighted by atomic mass is 10.2.